The number of amides is 1. The zero-order chi connectivity index (χ0) is 12.8. The van der Waals surface area contributed by atoms with Crippen molar-refractivity contribution in [3.05, 3.63) is 34.9 Å². The van der Waals surface area contributed by atoms with Crippen LogP contribution in [0.25, 0.3) is 0 Å². The zero-order valence-corrected chi connectivity index (χ0v) is 10.7. The van der Waals surface area contributed by atoms with E-state index < -0.39 is 0 Å². The summed E-state index contributed by atoms with van der Waals surface area (Å²) in [5.41, 5.74) is 3.51. The van der Waals surface area contributed by atoms with Gasteiger partial charge in [0, 0.05) is 18.7 Å². The van der Waals surface area contributed by atoms with Crippen LogP contribution in [-0.4, -0.2) is 24.2 Å². The standard InChI is InChI=1S/C15H21NO2/c17-10-3-1-2-9-16-15(18)14-8-7-12-5-4-6-13(12)11-14/h7-8,11,17H,1-6,9-10H2,(H,16,18). The first-order valence-electron chi connectivity index (χ1n) is 6.82. The second kappa shape index (κ2) is 6.55. The molecule has 0 radical (unpaired) electrons. The predicted molar refractivity (Wildman–Crippen MR) is 71.7 cm³/mol. The van der Waals surface area contributed by atoms with Crippen LogP contribution in [0.1, 0.15) is 47.2 Å². The summed E-state index contributed by atoms with van der Waals surface area (Å²) in [6.45, 7) is 0.925. The summed E-state index contributed by atoms with van der Waals surface area (Å²) in [7, 11) is 0. The molecule has 3 nitrogen and oxygen atoms in total. The lowest BCUT2D eigenvalue weighted by molar-refractivity contribution is 0.0953. The Hall–Kier alpha value is -1.35. The molecule has 0 fully saturated rings. The van der Waals surface area contributed by atoms with Gasteiger partial charge in [0.15, 0.2) is 0 Å². The minimum atomic E-state index is 0.0219. The number of nitrogens with one attached hydrogen (secondary N) is 1. The monoisotopic (exact) mass is 247 g/mol. The first kappa shape index (κ1) is 13.1. The molecule has 0 saturated carbocycles. The van der Waals surface area contributed by atoms with E-state index in [9.17, 15) is 4.79 Å². The number of aliphatic hydroxyl groups excluding tert-OH is 1. The highest BCUT2D eigenvalue weighted by Gasteiger charge is 2.13. The molecule has 0 heterocycles. The Morgan fingerprint density at radius 3 is 2.83 bits per heavy atom. The molecule has 1 amide bonds. The second-order valence-corrected chi connectivity index (χ2v) is 4.88. The number of aryl methyl sites for hydroxylation is 2. The average molecular weight is 247 g/mol. The Morgan fingerprint density at radius 1 is 1.17 bits per heavy atom. The predicted octanol–water partition coefficient (Wildman–Crippen LogP) is 2.07. The van der Waals surface area contributed by atoms with E-state index in [1.165, 1.54) is 17.5 Å². The maximum absolute atomic E-state index is 11.9. The fourth-order valence-corrected chi connectivity index (χ4v) is 2.43. The summed E-state index contributed by atoms with van der Waals surface area (Å²) in [6, 6.07) is 6.04. The Labute approximate surface area is 108 Å². The Kier molecular flexibility index (Phi) is 4.76. The van der Waals surface area contributed by atoms with Gasteiger partial charge in [-0.2, -0.15) is 0 Å². The minimum absolute atomic E-state index is 0.0219. The average Bonchev–Trinajstić information content (AvgIpc) is 2.85. The molecule has 2 N–H and O–H groups in total. The number of carbonyl (C=O) groups is 1. The summed E-state index contributed by atoms with van der Waals surface area (Å²) in [5, 5.41) is 11.6. The van der Waals surface area contributed by atoms with Crippen LogP contribution in [-0.2, 0) is 12.8 Å². The normalized spacial score (nSPS) is 13.4. The third-order valence-corrected chi connectivity index (χ3v) is 3.48. The third-order valence-electron chi connectivity index (χ3n) is 3.48. The van der Waals surface area contributed by atoms with Crippen molar-refractivity contribution < 1.29 is 9.90 Å². The van der Waals surface area contributed by atoms with Gasteiger partial charge in [-0.3, -0.25) is 4.79 Å². The van der Waals surface area contributed by atoms with Gasteiger partial charge in [0.2, 0.25) is 0 Å². The van der Waals surface area contributed by atoms with E-state index in [0.29, 0.717) is 6.54 Å². The van der Waals surface area contributed by atoms with Crippen LogP contribution in [0.15, 0.2) is 18.2 Å². The van der Waals surface area contributed by atoms with E-state index in [0.717, 1.165) is 37.7 Å². The number of fused-ring (bicyclic) bond motifs is 1. The first-order chi connectivity index (χ1) is 8.81. The van der Waals surface area contributed by atoms with Gasteiger partial charge in [0.25, 0.3) is 5.91 Å². The topological polar surface area (TPSA) is 49.3 Å². The van der Waals surface area contributed by atoms with Crippen LogP contribution in [0, 0.1) is 0 Å². The van der Waals surface area contributed by atoms with E-state index in [4.69, 9.17) is 5.11 Å². The summed E-state index contributed by atoms with van der Waals surface area (Å²) < 4.78 is 0. The van der Waals surface area contributed by atoms with E-state index >= 15 is 0 Å². The lowest BCUT2D eigenvalue weighted by Gasteiger charge is -2.06. The van der Waals surface area contributed by atoms with Gasteiger partial charge < -0.3 is 10.4 Å². The Morgan fingerprint density at radius 2 is 2.00 bits per heavy atom. The summed E-state index contributed by atoms with van der Waals surface area (Å²) in [4.78, 5) is 11.9. The number of aliphatic hydroxyl groups is 1. The molecule has 0 spiro atoms. The molecule has 1 aromatic carbocycles. The molecule has 0 aromatic heterocycles. The van der Waals surface area contributed by atoms with Gasteiger partial charge in [-0.1, -0.05) is 6.07 Å². The fourth-order valence-electron chi connectivity index (χ4n) is 2.43. The van der Waals surface area contributed by atoms with Crippen LogP contribution < -0.4 is 5.32 Å². The number of benzene rings is 1. The molecule has 2 rings (SSSR count). The molecule has 1 aliphatic carbocycles. The largest absolute Gasteiger partial charge is 0.396 e. The van der Waals surface area contributed by atoms with Gasteiger partial charge in [-0.25, -0.2) is 0 Å². The summed E-state index contributed by atoms with van der Waals surface area (Å²) in [5.74, 6) is 0.0219. The van der Waals surface area contributed by atoms with Gasteiger partial charge in [-0.15, -0.1) is 0 Å². The minimum Gasteiger partial charge on any atom is -0.396 e. The van der Waals surface area contributed by atoms with Crippen LogP contribution in [0.5, 0.6) is 0 Å². The van der Waals surface area contributed by atoms with Gasteiger partial charge >= 0.3 is 0 Å². The number of rotatable bonds is 6. The molecular weight excluding hydrogens is 226 g/mol. The molecule has 0 aliphatic heterocycles. The van der Waals surface area contributed by atoms with E-state index in [2.05, 4.69) is 11.4 Å². The number of hydrogen-bond donors (Lipinski definition) is 2. The van der Waals surface area contributed by atoms with E-state index in [-0.39, 0.29) is 12.5 Å². The summed E-state index contributed by atoms with van der Waals surface area (Å²) >= 11 is 0. The molecule has 0 bridgehead atoms. The molecule has 0 atom stereocenters. The number of carbonyl (C=O) groups excluding carboxylic acids is 1. The Balaban J connectivity index is 1.82. The Bertz CT molecular complexity index is 415. The van der Waals surface area contributed by atoms with Crippen molar-refractivity contribution in [1.29, 1.82) is 0 Å². The molecule has 18 heavy (non-hydrogen) atoms. The maximum atomic E-state index is 11.9. The van der Waals surface area contributed by atoms with Crippen molar-refractivity contribution in [1.82, 2.24) is 5.32 Å². The van der Waals surface area contributed by atoms with Crippen molar-refractivity contribution in [2.45, 2.75) is 38.5 Å². The SMILES string of the molecule is O=C(NCCCCCO)c1ccc2c(c1)CCC2. The lowest BCUT2D eigenvalue weighted by Crippen LogP contribution is -2.24. The number of hydrogen-bond acceptors (Lipinski definition) is 2. The van der Waals surface area contributed by atoms with Gasteiger partial charge in [0.05, 0.1) is 0 Å². The first-order valence-corrected chi connectivity index (χ1v) is 6.82. The van der Waals surface area contributed by atoms with Crippen LogP contribution in [0.4, 0.5) is 0 Å². The molecule has 3 heteroatoms. The molecule has 0 saturated heterocycles. The number of unbranched alkanes of at least 4 members (excludes halogenated alkanes) is 2. The van der Waals surface area contributed by atoms with Crippen molar-refractivity contribution in [3.8, 4) is 0 Å². The molecular formula is C15H21NO2. The van der Waals surface area contributed by atoms with Crippen molar-refractivity contribution >= 4 is 5.91 Å². The van der Waals surface area contributed by atoms with E-state index in [1.807, 2.05) is 12.1 Å². The summed E-state index contributed by atoms with van der Waals surface area (Å²) in [6.07, 6.45) is 6.17. The highest BCUT2D eigenvalue weighted by Crippen LogP contribution is 2.22. The quantitative estimate of drug-likeness (QED) is 0.756. The molecule has 1 aromatic rings. The second-order valence-electron chi connectivity index (χ2n) is 4.88. The van der Waals surface area contributed by atoms with Crippen LogP contribution in [0.2, 0.25) is 0 Å². The highest BCUT2D eigenvalue weighted by molar-refractivity contribution is 5.94. The van der Waals surface area contributed by atoms with E-state index in [1.54, 1.807) is 0 Å². The van der Waals surface area contributed by atoms with Crippen molar-refractivity contribution in [2.75, 3.05) is 13.2 Å². The van der Waals surface area contributed by atoms with Crippen molar-refractivity contribution in [2.24, 2.45) is 0 Å². The van der Waals surface area contributed by atoms with Crippen LogP contribution in [0.3, 0.4) is 0 Å². The molecule has 98 valence electrons. The molecule has 1 aliphatic rings. The smallest absolute Gasteiger partial charge is 0.251 e. The highest BCUT2D eigenvalue weighted by atomic mass is 16.2. The van der Waals surface area contributed by atoms with Crippen LogP contribution >= 0.6 is 0 Å². The maximum Gasteiger partial charge on any atom is 0.251 e. The zero-order valence-electron chi connectivity index (χ0n) is 10.7. The van der Waals surface area contributed by atoms with Gasteiger partial charge in [0.1, 0.15) is 0 Å². The lowest BCUT2D eigenvalue weighted by atomic mass is 10.1. The van der Waals surface area contributed by atoms with Gasteiger partial charge in [-0.05, 0) is 61.8 Å². The molecule has 0 unspecified atom stereocenters. The van der Waals surface area contributed by atoms with Crippen molar-refractivity contribution in [3.63, 3.8) is 0 Å². The third kappa shape index (κ3) is 3.33. The fraction of sp³-hybridized carbons (Fsp3) is 0.533.